The molecule has 29 heavy (non-hydrogen) atoms. The van der Waals surface area contributed by atoms with Gasteiger partial charge in [-0.1, -0.05) is 93.6 Å². The Balaban J connectivity index is 1.94. The first-order valence-corrected chi connectivity index (χ1v) is 12.4. The van der Waals surface area contributed by atoms with Crippen LogP contribution in [0.4, 0.5) is 0 Å². The van der Waals surface area contributed by atoms with Crippen molar-refractivity contribution in [2.75, 3.05) is 0 Å². The van der Waals surface area contributed by atoms with E-state index >= 15 is 0 Å². The molecule has 150 valence electrons. The molecule has 1 unspecified atom stereocenters. The largest absolute Gasteiger partial charge is 0.534 e. The summed E-state index contributed by atoms with van der Waals surface area (Å²) in [5.74, 6) is 0.940. The van der Waals surface area contributed by atoms with Crippen molar-refractivity contribution in [2.45, 2.75) is 51.2 Å². The van der Waals surface area contributed by atoms with E-state index in [4.69, 9.17) is 4.43 Å². The van der Waals surface area contributed by atoms with E-state index in [2.05, 4.69) is 93.6 Å². The predicted octanol–water partition coefficient (Wildman–Crippen LogP) is 5.00. The van der Waals surface area contributed by atoms with Crippen molar-refractivity contribution >= 4 is 18.7 Å². The van der Waals surface area contributed by atoms with Gasteiger partial charge in [-0.2, -0.15) is 0 Å². The SMILES string of the molecule is CC(C)(C)[Si](Oc1cccc2c1CCCC2O)(c1ccccc1)c1ccccc1. The summed E-state index contributed by atoms with van der Waals surface area (Å²) in [5.41, 5.74) is 2.21. The molecule has 1 atom stereocenters. The summed E-state index contributed by atoms with van der Waals surface area (Å²) in [6.45, 7) is 6.89. The second kappa shape index (κ2) is 7.81. The van der Waals surface area contributed by atoms with Crippen molar-refractivity contribution in [1.82, 2.24) is 0 Å². The summed E-state index contributed by atoms with van der Waals surface area (Å²) in [6.07, 6.45) is 2.40. The maximum absolute atomic E-state index is 10.5. The minimum atomic E-state index is -2.65. The van der Waals surface area contributed by atoms with Crippen LogP contribution in [0.15, 0.2) is 78.9 Å². The highest BCUT2D eigenvalue weighted by molar-refractivity contribution is 7.00. The fourth-order valence-corrected chi connectivity index (χ4v) is 9.15. The second-order valence-corrected chi connectivity index (χ2v) is 13.2. The third-order valence-corrected chi connectivity index (χ3v) is 11.0. The first-order valence-electron chi connectivity index (χ1n) is 10.5. The van der Waals surface area contributed by atoms with Crippen molar-refractivity contribution in [3.8, 4) is 5.75 Å². The number of fused-ring (bicyclic) bond motifs is 1. The van der Waals surface area contributed by atoms with Crippen molar-refractivity contribution in [1.29, 1.82) is 0 Å². The summed E-state index contributed by atoms with van der Waals surface area (Å²) in [5, 5.41) is 13.0. The van der Waals surface area contributed by atoms with E-state index in [0.29, 0.717) is 0 Å². The lowest BCUT2D eigenvalue weighted by atomic mass is 9.89. The molecule has 0 spiro atoms. The maximum atomic E-state index is 10.5. The van der Waals surface area contributed by atoms with Crippen LogP contribution in [0.2, 0.25) is 5.04 Å². The van der Waals surface area contributed by atoms with Gasteiger partial charge in [0.1, 0.15) is 5.75 Å². The maximum Gasteiger partial charge on any atom is 0.319 e. The number of aliphatic hydroxyl groups is 1. The third-order valence-electron chi connectivity index (χ3n) is 6.11. The van der Waals surface area contributed by atoms with E-state index in [1.165, 1.54) is 15.9 Å². The van der Waals surface area contributed by atoms with Crippen LogP contribution in [-0.4, -0.2) is 13.4 Å². The van der Waals surface area contributed by atoms with Gasteiger partial charge in [0.05, 0.1) is 6.10 Å². The molecule has 0 saturated heterocycles. The van der Waals surface area contributed by atoms with E-state index in [0.717, 1.165) is 30.6 Å². The lowest BCUT2D eigenvalue weighted by molar-refractivity contribution is 0.156. The van der Waals surface area contributed by atoms with Gasteiger partial charge in [-0.05, 0) is 51.9 Å². The molecule has 0 aliphatic heterocycles. The third kappa shape index (κ3) is 3.54. The van der Waals surface area contributed by atoms with Crippen LogP contribution in [-0.2, 0) is 6.42 Å². The van der Waals surface area contributed by atoms with E-state index in [9.17, 15) is 5.11 Å². The monoisotopic (exact) mass is 402 g/mol. The second-order valence-electron chi connectivity index (χ2n) is 9.00. The van der Waals surface area contributed by atoms with Crippen LogP contribution < -0.4 is 14.8 Å². The fourth-order valence-electron chi connectivity index (χ4n) is 4.70. The van der Waals surface area contributed by atoms with Crippen LogP contribution in [0.3, 0.4) is 0 Å². The number of hydrogen-bond acceptors (Lipinski definition) is 2. The first-order chi connectivity index (χ1) is 13.9. The minimum Gasteiger partial charge on any atom is -0.534 e. The Labute approximate surface area is 175 Å². The van der Waals surface area contributed by atoms with Crippen LogP contribution in [0, 0.1) is 0 Å². The molecule has 1 aliphatic carbocycles. The minimum absolute atomic E-state index is 0.0777. The zero-order chi connectivity index (χ0) is 20.5. The molecule has 0 radical (unpaired) electrons. The summed E-state index contributed by atoms with van der Waals surface area (Å²) >= 11 is 0. The first kappa shape index (κ1) is 19.9. The van der Waals surface area contributed by atoms with Gasteiger partial charge in [0.15, 0.2) is 0 Å². The van der Waals surface area contributed by atoms with Crippen LogP contribution in [0.25, 0.3) is 0 Å². The number of hydrogen-bond donors (Lipinski definition) is 1. The van der Waals surface area contributed by atoms with Crippen LogP contribution in [0.5, 0.6) is 5.75 Å². The van der Waals surface area contributed by atoms with Gasteiger partial charge in [-0.3, -0.25) is 0 Å². The summed E-state index contributed by atoms with van der Waals surface area (Å²) in [7, 11) is -2.65. The molecule has 3 aromatic carbocycles. The Kier molecular flexibility index (Phi) is 5.37. The van der Waals surface area contributed by atoms with Crippen LogP contribution in [0.1, 0.15) is 50.8 Å². The summed E-state index contributed by atoms with van der Waals surface area (Å²) in [6, 6.07) is 27.6. The Morgan fingerprint density at radius 1 is 0.828 bits per heavy atom. The van der Waals surface area contributed by atoms with Gasteiger partial charge in [0, 0.05) is 0 Å². The fraction of sp³-hybridized carbons (Fsp3) is 0.308. The molecule has 1 N–H and O–H groups in total. The average Bonchev–Trinajstić information content (AvgIpc) is 2.73. The zero-order valence-electron chi connectivity index (χ0n) is 17.6. The zero-order valence-corrected chi connectivity index (χ0v) is 18.6. The van der Waals surface area contributed by atoms with Crippen LogP contribution >= 0.6 is 0 Å². The predicted molar refractivity (Wildman–Crippen MR) is 123 cm³/mol. The van der Waals surface area contributed by atoms with Crippen molar-refractivity contribution < 1.29 is 9.53 Å². The van der Waals surface area contributed by atoms with E-state index in [-0.39, 0.29) is 11.1 Å². The molecule has 3 heteroatoms. The quantitative estimate of drug-likeness (QED) is 0.623. The Morgan fingerprint density at radius 2 is 1.41 bits per heavy atom. The molecule has 2 nitrogen and oxygen atoms in total. The van der Waals surface area contributed by atoms with Gasteiger partial charge in [-0.25, -0.2) is 0 Å². The van der Waals surface area contributed by atoms with Crippen molar-refractivity contribution in [3.05, 3.63) is 90.0 Å². The topological polar surface area (TPSA) is 29.5 Å². The molecular weight excluding hydrogens is 372 g/mol. The smallest absolute Gasteiger partial charge is 0.319 e. The van der Waals surface area contributed by atoms with Gasteiger partial charge in [0.2, 0.25) is 0 Å². The molecule has 0 fully saturated rings. The lowest BCUT2D eigenvalue weighted by Gasteiger charge is -2.43. The molecule has 0 amide bonds. The Bertz CT molecular complexity index is 922. The Morgan fingerprint density at radius 3 is 1.97 bits per heavy atom. The van der Waals surface area contributed by atoms with Crippen molar-refractivity contribution in [3.63, 3.8) is 0 Å². The highest BCUT2D eigenvalue weighted by atomic mass is 28.4. The van der Waals surface area contributed by atoms with Gasteiger partial charge >= 0.3 is 8.32 Å². The standard InChI is InChI=1S/C26H30O2Si/c1-26(2,3)29(20-12-6-4-7-13-20,21-14-8-5-9-15-21)28-25-19-11-16-22-23(25)17-10-18-24(22)27/h4-9,11-16,19,24,27H,10,17-18H2,1-3H3. The molecule has 0 aromatic heterocycles. The normalized spacial score (nSPS) is 16.9. The molecule has 4 rings (SSSR count). The highest BCUT2D eigenvalue weighted by Crippen LogP contribution is 2.41. The number of benzene rings is 3. The number of aliphatic hydroxyl groups excluding tert-OH is 1. The molecule has 0 bridgehead atoms. The van der Waals surface area contributed by atoms with Gasteiger partial charge in [-0.15, -0.1) is 0 Å². The molecule has 3 aromatic rings. The van der Waals surface area contributed by atoms with E-state index < -0.39 is 8.32 Å². The van der Waals surface area contributed by atoms with Gasteiger partial charge in [0.25, 0.3) is 0 Å². The molecule has 0 heterocycles. The van der Waals surface area contributed by atoms with E-state index in [1.54, 1.807) is 0 Å². The van der Waals surface area contributed by atoms with E-state index in [1.807, 2.05) is 6.07 Å². The molecule has 1 aliphatic rings. The lowest BCUT2D eigenvalue weighted by Crippen LogP contribution is -2.69. The van der Waals surface area contributed by atoms with Gasteiger partial charge < -0.3 is 9.53 Å². The molecular formula is C26H30O2Si. The highest BCUT2D eigenvalue weighted by Gasteiger charge is 2.52. The number of rotatable bonds is 4. The average molecular weight is 403 g/mol. The Hall–Kier alpha value is -2.36. The summed E-state index contributed by atoms with van der Waals surface area (Å²) < 4.78 is 7.21. The summed E-state index contributed by atoms with van der Waals surface area (Å²) in [4.78, 5) is 0. The molecule has 0 saturated carbocycles. The van der Waals surface area contributed by atoms with Crippen molar-refractivity contribution in [2.24, 2.45) is 0 Å².